The highest BCUT2D eigenvalue weighted by atomic mass is 32.2. The Bertz CT molecular complexity index is 1070. The maximum Gasteiger partial charge on any atom is 0.307 e. The molecule has 0 bridgehead atoms. The number of carboxylic acids is 1. The molecule has 7 nitrogen and oxygen atoms in total. The quantitative estimate of drug-likeness (QED) is 0.761. The van der Waals surface area contributed by atoms with Crippen molar-refractivity contribution >= 4 is 33.3 Å². The van der Waals surface area contributed by atoms with E-state index in [-0.39, 0.29) is 10.8 Å². The molecule has 1 aliphatic carbocycles. The van der Waals surface area contributed by atoms with E-state index in [4.69, 9.17) is 0 Å². The molecule has 1 saturated carbocycles. The molecule has 1 amide bonds. The fourth-order valence-corrected chi connectivity index (χ4v) is 5.87. The van der Waals surface area contributed by atoms with Crippen molar-refractivity contribution in [2.45, 2.75) is 37.0 Å². The second-order valence-corrected chi connectivity index (χ2v) is 9.67. The van der Waals surface area contributed by atoms with Crippen molar-refractivity contribution in [1.82, 2.24) is 0 Å². The zero-order chi connectivity index (χ0) is 21.3. The molecule has 158 valence electrons. The molecule has 2 atom stereocenters. The summed E-state index contributed by atoms with van der Waals surface area (Å²) in [6, 6.07) is 13.5. The molecule has 1 unspecified atom stereocenters. The lowest BCUT2D eigenvalue weighted by Crippen LogP contribution is -2.36. The molecule has 2 N–H and O–H groups in total. The van der Waals surface area contributed by atoms with Crippen molar-refractivity contribution < 1.29 is 23.1 Å². The van der Waals surface area contributed by atoms with E-state index in [1.54, 1.807) is 18.2 Å². The van der Waals surface area contributed by atoms with E-state index in [9.17, 15) is 23.1 Å². The minimum absolute atomic E-state index is 0.151. The van der Waals surface area contributed by atoms with E-state index in [1.165, 1.54) is 16.4 Å². The number of hydrogen-bond donors (Lipinski definition) is 2. The number of anilines is 2. The third kappa shape index (κ3) is 3.79. The van der Waals surface area contributed by atoms with Gasteiger partial charge in [0.05, 0.1) is 22.4 Å². The number of aliphatic carboxylic acids is 1. The fraction of sp³-hybridized carbons (Fsp3) is 0.364. The molecule has 0 spiro atoms. The van der Waals surface area contributed by atoms with Crippen molar-refractivity contribution in [2.75, 3.05) is 16.2 Å². The third-order valence-electron chi connectivity index (χ3n) is 5.97. The number of sulfonamides is 1. The van der Waals surface area contributed by atoms with Crippen molar-refractivity contribution in [1.29, 1.82) is 0 Å². The molecule has 2 aromatic rings. The van der Waals surface area contributed by atoms with Gasteiger partial charge in [0, 0.05) is 12.2 Å². The summed E-state index contributed by atoms with van der Waals surface area (Å²) >= 11 is 0. The Labute approximate surface area is 175 Å². The summed E-state index contributed by atoms with van der Waals surface area (Å²) in [6.07, 6.45) is 3.37. The van der Waals surface area contributed by atoms with Crippen LogP contribution in [-0.4, -0.2) is 31.9 Å². The summed E-state index contributed by atoms with van der Waals surface area (Å²) in [5.41, 5.74) is 2.16. The molecule has 0 radical (unpaired) electrons. The minimum atomic E-state index is -3.69. The third-order valence-corrected chi connectivity index (χ3v) is 7.80. The Hall–Kier alpha value is -2.87. The van der Waals surface area contributed by atoms with Gasteiger partial charge < -0.3 is 10.4 Å². The monoisotopic (exact) mass is 428 g/mol. The Kier molecular flexibility index (Phi) is 5.51. The average molecular weight is 429 g/mol. The first-order valence-corrected chi connectivity index (χ1v) is 11.6. The van der Waals surface area contributed by atoms with Crippen LogP contribution >= 0.6 is 0 Å². The van der Waals surface area contributed by atoms with Crippen molar-refractivity contribution in [3.63, 3.8) is 0 Å². The number of fused-ring (bicyclic) bond motifs is 1. The summed E-state index contributed by atoms with van der Waals surface area (Å²) in [5.74, 6) is -2.51. The van der Waals surface area contributed by atoms with Crippen LogP contribution in [0.25, 0.3) is 0 Å². The van der Waals surface area contributed by atoms with E-state index in [2.05, 4.69) is 5.32 Å². The number of amides is 1. The average Bonchev–Trinajstić information content (AvgIpc) is 3.19. The number of carbonyl (C=O) groups is 2. The van der Waals surface area contributed by atoms with Gasteiger partial charge in [-0.15, -0.1) is 0 Å². The van der Waals surface area contributed by atoms with E-state index in [1.807, 2.05) is 18.2 Å². The standard InChI is InChI=1S/C22H24N2O5S/c25-21(18-6-2-3-7-19(18)22(26)27)23-16-9-11-17(12-10-16)30(28,29)24-14-13-15-5-1-4-8-20(15)24/h1,4-5,8-12,18-19H,2-3,6-7,13-14H2,(H,23,25)(H,26,27)/t18?,19-/m0/s1. The van der Waals surface area contributed by atoms with Crippen LogP contribution in [0.3, 0.4) is 0 Å². The Morgan fingerprint density at radius 2 is 1.63 bits per heavy atom. The molecule has 30 heavy (non-hydrogen) atoms. The SMILES string of the molecule is O=C(Nc1ccc(S(=O)(=O)N2CCc3ccccc32)cc1)C1CCCC[C@@H]1C(=O)O. The van der Waals surface area contributed by atoms with Gasteiger partial charge in [-0.1, -0.05) is 31.0 Å². The minimum Gasteiger partial charge on any atom is -0.481 e. The summed E-state index contributed by atoms with van der Waals surface area (Å²) in [4.78, 5) is 24.2. The largest absolute Gasteiger partial charge is 0.481 e. The molecular weight excluding hydrogens is 404 g/mol. The summed E-state index contributed by atoms with van der Waals surface area (Å²) in [7, 11) is -3.69. The first-order chi connectivity index (χ1) is 14.4. The Balaban J connectivity index is 1.49. The lowest BCUT2D eigenvalue weighted by atomic mass is 9.78. The number of benzene rings is 2. The second-order valence-electron chi connectivity index (χ2n) is 7.81. The zero-order valence-electron chi connectivity index (χ0n) is 16.5. The first kappa shape index (κ1) is 20.4. The Morgan fingerprint density at radius 1 is 0.967 bits per heavy atom. The highest BCUT2D eigenvalue weighted by Crippen LogP contribution is 2.34. The summed E-state index contributed by atoms with van der Waals surface area (Å²) in [5, 5.41) is 12.1. The number of nitrogens with zero attached hydrogens (tertiary/aromatic N) is 1. The number of carboxylic acid groups (broad SMARTS) is 1. The van der Waals surface area contributed by atoms with Crippen molar-refractivity contribution in [3.05, 3.63) is 54.1 Å². The Morgan fingerprint density at radius 3 is 2.33 bits per heavy atom. The van der Waals surface area contributed by atoms with Crippen LogP contribution in [0.4, 0.5) is 11.4 Å². The molecule has 0 aromatic heterocycles. The van der Waals surface area contributed by atoms with Gasteiger partial charge in [-0.05, 0) is 55.2 Å². The number of carbonyl (C=O) groups excluding carboxylic acids is 1. The highest BCUT2D eigenvalue weighted by Gasteiger charge is 2.36. The number of rotatable bonds is 5. The maximum absolute atomic E-state index is 13.1. The number of para-hydroxylation sites is 1. The van der Waals surface area contributed by atoms with Crippen molar-refractivity contribution in [2.24, 2.45) is 11.8 Å². The zero-order valence-corrected chi connectivity index (χ0v) is 17.3. The van der Waals surface area contributed by atoms with Crippen LogP contribution in [0.5, 0.6) is 0 Å². The van der Waals surface area contributed by atoms with Crippen LogP contribution in [0, 0.1) is 11.8 Å². The number of nitrogens with one attached hydrogen (secondary N) is 1. The topological polar surface area (TPSA) is 104 Å². The van der Waals surface area contributed by atoms with Gasteiger partial charge in [-0.25, -0.2) is 8.42 Å². The van der Waals surface area contributed by atoms with Crippen LogP contribution in [-0.2, 0) is 26.0 Å². The molecule has 2 aromatic carbocycles. The molecule has 1 heterocycles. The van der Waals surface area contributed by atoms with E-state index >= 15 is 0 Å². The van der Waals surface area contributed by atoms with Crippen LogP contribution in [0.15, 0.2) is 53.4 Å². The predicted molar refractivity (Wildman–Crippen MR) is 113 cm³/mol. The fourth-order valence-electron chi connectivity index (χ4n) is 4.37. The van der Waals surface area contributed by atoms with Crippen LogP contribution in [0.2, 0.25) is 0 Å². The van der Waals surface area contributed by atoms with E-state index in [0.717, 1.165) is 18.4 Å². The molecular formula is C22H24N2O5S. The van der Waals surface area contributed by atoms with E-state index in [0.29, 0.717) is 37.2 Å². The molecule has 1 fully saturated rings. The van der Waals surface area contributed by atoms with E-state index < -0.39 is 27.8 Å². The normalized spacial score (nSPS) is 21.1. The van der Waals surface area contributed by atoms with Gasteiger partial charge in [0.1, 0.15) is 0 Å². The van der Waals surface area contributed by atoms with Gasteiger partial charge in [0.2, 0.25) is 5.91 Å². The van der Waals surface area contributed by atoms with Crippen LogP contribution < -0.4 is 9.62 Å². The smallest absolute Gasteiger partial charge is 0.307 e. The molecule has 0 saturated heterocycles. The molecule has 4 rings (SSSR count). The molecule has 1 aliphatic heterocycles. The van der Waals surface area contributed by atoms with Gasteiger partial charge in [-0.3, -0.25) is 13.9 Å². The molecule has 2 aliphatic rings. The van der Waals surface area contributed by atoms with Gasteiger partial charge in [0.25, 0.3) is 10.0 Å². The van der Waals surface area contributed by atoms with Gasteiger partial charge in [0.15, 0.2) is 0 Å². The molecule has 8 heteroatoms. The van der Waals surface area contributed by atoms with Crippen LogP contribution in [0.1, 0.15) is 31.2 Å². The van der Waals surface area contributed by atoms with Crippen molar-refractivity contribution in [3.8, 4) is 0 Å². The highest BCUT2D eigenvalue weighted by molar-refractivity contribution is 7.92. The lowest BCUT2D eigenvalue weighted by molar-refractivity contribution is -0.147. The first-order valence-electron chi connectivity index (χ1n) is 10.1. The van der Waals surface area contributed by atoms with Gasteiger partial charge in [-0.2, -0.15) is 0 Å². The van der Waals surface area contributed by atoms with Gasteiger partial charge >= 0.3 is 5.97 Å². The maximum atomic E-state index is 13.1. The number of hydrogen-bond acceptors (Lipinski definition) is 4. The summed E-state index contributed by atoms with van der Waals surface area (Å²) in [6.45, 7) is 0.401. The lowest BCUT2D eigenvalue weighted by Gasteiger charge is -2.27. The summed E-state index contributed by atoms with van der Waals surface area (Å²) < 4.78 is 27.6. The second kappa shape index (κ2) is 8.10. The predicted octanol–water partition coefficient (Wildman–Crippen LogP) is 3.27.